The number of carboxylic acids is 1. The molecule has 0 aliphatic carbocycles. The molecule has 1 aromatic carbocycles. The molecule has 0 aromatic heterocycles. The SMILES string of the molecule is O=C([O-])c1cc(Cl)c(F)cc1F.[NH4+]. The molecule has 0 saturated carbocycles. The fourth-order valence-corrected chi connectivity index (χ4v) is 0.843. The molecule has 0 aliphatic heterocycles. The summed E-state index contributed by atoms with van der Waals surface area (Å²) < 4.78 is 25.0. The Kier molecular flexibility index (Phi) is 3.77. The van der Waals surface area contributed by atoms with Gasteiger partial charge in [0.2, 0.25) is 0 Å². The second-order valence-corrected chi connectivity index (χ2v) is 2.44. The summed E-state index contributed by atoms with van der Waals surface area (Å²) in [4.78, 5) is 10.2. The van der Waals surface area contributed by atoms with Gasteiger partial charge in [-0.2, -0.15) is 0 Å². The molecule has 3 nitrogen and oxygen atoms in total. The number of carbonyl (C=O) groups is 1. The Morgan fingerprint density at radius 1 is 1.31 bits per heavy atom. The average Bonchev–Trinajstić information content (AvgIpc) is 1.96. The zero-order chi connectivity index (χ0) is 9.30. The third-order valence-electron chi connectivity index (χ3n) is 1.23. The first-order valence-electron chi connectivity index (χ1n) is 2.88. The van der Waals surface area contributed by atoms with Gasteiger partial charge in [-0.15, -0.1) is 0 Å². The fourth-order valence-electron chi connectivity index (χ4n) is 0.679. The maximum absolute atomic E-state index is 12.6. The van der Waals surface area contributed by atoms with Crippen molar-refractivity contribution < 1.29 is 18.7 Å². The number of hydrogen-bond donors (Lipinski definition) is 1. The van der Waals surface area contributed by atoms with Crippen LogP contribution in [0.15, 0.2) is 12.1 Å². The first-order chi connectivity index (χ1) is 5.52. The Labute approximate surface area is 77.5 Å². The maximum Gasteiger partial charge on any atom is 0.144 e. The lowest BCUT2D eigenvalue weighted by atomic mass is 10.2. The Morgan fingerprint density at radius 3 is 2.31 bits per heavy atom. The topological polar surface area (TPSA) is 76.6 Å². The summed E-state index contributed by atoms with van der Waals surface area (Å²) >= 11 is 5.20. The van der Waals surface area contributed by atoms with Crippen molar-refractivity contribution in [2.75, 3.05) is 0 Å². The number of benzene rings is 1. The largest absolute Gasteiger partial charge is 0.545 e. The van der Waals surface area contributed by atoms with Crippen LogP contribution in [0.1, 0.15) is 10.4 Å². The molecule has 4 N–H and O–H groups in total. The van der Waals surface area contributed by atoms with E-state index in [1.807, 2.05) is 0 Å². The van der Waals surface area contributed by atoms with E-state index < -0.39 is 28.2 Å². The Balaban J connectivity index is 0.00000144. The molecule has 0 saturated heterocycles. The molecule has 0 amide bonds. The molecule has 0 aliphatic rings. The number of carboxylic acid groups (broad SMARTS) is 1. The van der Waals surface area contributed by atoms with Crippen molar-refractivity contribution in [1.29, 1.82) is 0 Å². The third kappa shape index (κ3) is 2.37. The summed E-state index contributed by atoms with van der Waals surface area (Å²) in [7, 11) is 0. The van der Waals surface area contributed by atoms with Gasteiger partial charge in [-0.05, 0) is 6.07 Å². The van der Waals surface area contributed by atoms with Gasteiger partial charge in [-0.25, -0.2) is 8.78 Å². The molecule has 0 heterocycles. The first kappa shape index (κ1) is 11.8. The van der Waals surface area contributed by atoms with E-state index in [0.717, 1.165) is 0 Å². The molecule has 0 atom stereocenters. The smallest absolute Gasteiger partial charge is 0.144 e. The van der Waals surface area contributed by atoms with Crippen LogP contribution in [0.3, 0.4) is 0 Å². The van der Waals surface area contributed by atoms with Gasteiger partial charge in [0.05, 0.1) is 11.0 Å². The lowest BCUT2D eigenvalue weighted by Gasteiger charge is -2.04. The number of quaternary nitrogens is 1. The minimum atomic E-state index is -1.73. The number of rotatable bonds is 1. The molecule has 1 aromatic rings. The molecule has 0 bridgehead atoms. The predicted molar refractivity (Wildman–Crippen MR) is 41.7 cm³/mol. The number of aromatic carboxylic acids is 1. The number of hydrogen-bond acceptors (Lipinski definition) is 2. The highest BCUT2D eigenvalue weighted by molar-refractivity contribution is 6.31. The Bertz CT molecular complexity index is 344. The summed E-state index contributed by atoms with van der Waals surface area (Å²) in [5, 5.41) is 9.70. The van der Waals surface area contributed by atoms with Crippen LogP contribution in [-0.2, 0) is 0 Å². The van der Waals surface area contributed by atoms with Crippen LogP contribution in [0.25, 0.3) is 0 Å². The van der Waals surface area contributed by atoms with Crippen LogP contribution in [0, 0.1) is 11.6 Å². The molecule has 13 heavy (non-hydrogen) atoms. The zero-order valence-corrected chi connectivity index (χ0v) is 7.36. The van der Waals surface area contributed by atoms with Crippen LogP contribution in [0.2, 0.25) is 5.02 Å². The van der Waals surface area contributed by atoms with Crippen LogP contribution in [0.5, 0.6) is 0 Å². The monoisotopic (exact) mass is 209 g/mol. The molecule has 0 unspecified atom stereocenters. The van der Waals surface area contributed by atoms with Crippen molar-refractivity contribution in [2.45, 2.75) is 0 Å². The van der Waals surface area contributed by atoms with E-state index in [0.29, 0.717) is 12.1 Å². The van der Waals surface area contributed by atoms with Gasteiger partial charge in [0.15, 0.2) is 0 Å². The molecule has 6 heteroatoms. The van der Waals surface area contributed by atoms with Gasteiger partial charge in [-0.3, -0.25) is 0 Å². The molecular formula is C7H6ClF2NO2. The van der Waals surface area contributed by atoms with Crippen LogP contribution in [-0.4, -0.2) is 5.97 Å². The minimum Gasteiger partial charge on any atom is -0.545 e. The summed E-state index contributed by atoms with van der Waals surface area (Å²) in [6, 6.07) is 1.06. The van der Waals surface area contributed by atoms with Gasteiger partial charge in [0.1, 0.15) is 11.6 Å². The third-order valence-corrected chi connectivity index (χ3v) is 1.52. The normalized spacial score (nSPS) is 9.15. The van der Waals surface area contributed by atoms with Crippen molar-refractivity contribution in [3.05, 3.63) is 34.4 Å². The second kappa shape index (κ2) is 4.15. The van der Waals surface area contributed by atoms with Gasteiger partial charge < -0.3 is 16.1 Å². The minimum absolute atomic E-state index is 0. The predicted octanol–water partition coefficient (Wildman–Crippen LogP) is 1.36. The quantitative estimate of drug-likeness (QED) is 0.709. The van der Waals surface area contributed by atoms with Crippen molar-refractivity contribution in [2.24, 2.45) is 0 Å². The van der Waals surface area contributed by atoms with Crippen molar-refractivity contribution in [3.63, 3.8) is 0 Å². The van der Waals surface area contributed by atoms with Gasteiger partial charge in [-0.1, -0.05) is 11.6 Å². The fraction of sp³-hybridized carbons (Fsp3) is 0. The van der Waals surface area contributed by atoms with E-state index in [1.54, 1.807) is 0 Å². The standard InChI is InChI=1S/C7H3ClF2O2.H3N/c8-4-1-3(7(11)12)5(9)2-6(4)10;/h1-2H,(H,11,12);1H3. The Morgan fingerprint density at radius 2 is 1.85 bits per heavy atom. The number of halogens is 3. The summed E-state index contributed by atoms with van der Waals surface area (Å²) in [6.07, 6.45) is 0. The van der Waals surface area contributed by atoms with Crippen molar-refractivity contribution in [1.82, 2.24) is 6.15 Å². The summed E-state index contributed by atoms with van der Waals surface area (Å²) in [6.45, 7) is 0. The number of carbonyl (C=O) groups excluding carboxylic acids is 1. The van der Waals surface area contributed by atoms with Gasteiger partial charge in [0, 0.05) is 11.6 Å². The highest BCUT2D eigenvalue weighted by Gasteiger charge is 2.08. The van der Waals surface area contributed by atoms with Crippen LogP contribution in [0.4, 0.5) is 8.78 Å². The molecule has 0 radical (unpaired) electrons. The maximum atomic E-state index is 12.6. The lowest BCUT2D eigenvalue weighted by molar-refractivity contribution is -0.255. The molecule has 1 rings (SSSR count). The molecular weight excluding hydrogens is 204 g/mol. The molecule has 0 fully saturated rings. The highest BCUT2D eigenvalue weighted by Crippen LogP contribution is 2.18. The first-order valence-corrected chi connectivity index (χ1v) is 3.26. The van der Waals surface area contributed by atoms with Gasteiger partial charge in [0.25, 0.3) is 0 Å². The van der Waals surface area contributed by atoms with E-state index >= 15 is 0 Å². The zero-order valence-electron chi connectivity index (χ0n) is 6.61. The van der Waals surface area contributed by atoms with Gasteiger partial charge >= 0.3 is 0 Å². The molecule has 0 spiro atoms. The summed E-state index contributed by atoms with van der Waals surface area (Å²) in [5.41, 5.74) is -0.749. The Hall–Kier alpha value is -1.20. The van der Waals surface area contributed by atoms with Crippen molar-refractivity contribution >= 4 is 17.6 Å². The average molecular weight is 210 g/mol. The highest BCUT2D eigenvalue weighted by atomic mass is 35.5. The second-order valence-electron chi connectivity index (χ2n) is 2.03. The summed E-state index contributed by atoms with van der Waals surface area (Å²) in [5.74, 6) is -3.93. The van der Waals surface area contributed by atoms with E-state index in [9.17, 15) is 18.7 Å². The molecule has 72 valence electrons. The van der Waals surface area contributed by atoms with E-state index in [-0.39, 0.29) is 6.15 Å². The lowest BCUT2D eigenvalue weighted by Crippen LogP contribution is -2.23. The van der Waals surface area contributed by atoms with E-state index in [2.05, 4.69) is 0 Å². The van der Waals surface area contributed by atoms with Crippen LogP contribution >= 0.6 is 11.6 Å². The van der Waals surface area contributed by atoms with E-state index in [4.69, 9.17) is 11.6 Å². The van der Waals surface area contributed by atoms with Crippen LogP contribution < -0.4 is 11.3 Å². The van der Waals surface area contributed by atoms with Crippen molar-refractivity contribution in [3.8, 4) is 0 Å². The van der Waals surface area contributed by atoms with E-state index in [1.165, 1.54) is 0 Å².